The molecule has 0 spiro atoms. The Bertz CT molecular complexity index is 1080. The number of anilines is 1. The first-order valence-corrected chi connectivity index (χ1v) is 10.1. The zero-order valence-electron chi connectivity index (χ0n) is 17.0. The van der Waals surface area contributed by atoms with Gasteiger partial charge in [0.1, 0.15) is 30.0 Å². The Kier molecular flexibility index (Phi) is 7.35. The van der Waals surface area contributed by atoms with Crippen LogP contribution in [-0.4, -0.2) is 23.2 Å². The SMILES string of the molecule is Cl.N#Cc1c(C2CCNCC2)cc(-c2c(O)cccc2OCc2ccccc2)nc1N. The third kappa shape index (κ3) is 4.91. The van der Waals surface area contributed by atoms with Gasteiger partial charge in [-0.2, -0.15) is 5.26 Å². The van der Waals surface area contributed by atoms with Gasteiger partial charge in [0, 0.05) is 0 Å². The molecule has 0 amide bonds. The summed E-state index contributed by atoms with van der Waals surface area (Å²) in [6.07, 6.45) is 1.85. The summed E-state index contributed by atoms with van der Waals surface area (Å²) in [7, 11) is 0. The smallest absolute Gasteiger partial charge is 0.142 e. The second-order valence-electron chi connectivity index (χ2n) is 7.42. The molecule has 1 aliphatic heterocycles. The highest BCUT2D eigenvalue weighted by atomic mass is 35.5. The second-order valence-corrected chi connectivity index (χ2v) is 7.42. The van der Waals surface area contributed by atoms with Gasteiger partial charge in [0.25, 0.3) is 0 Å². The van der Waals surface area contributed by atoms with Gasteiger partial charge in [0.15, 0.2) is 0 Å². The Morgan fingerprint density at radius 3 is 2.58 bits per heavy atom. The van der Waals surface area contributed by atoms with Crippen LogP contribution in [-0.2, 0) is 6.61 Å². The van der Waals surface area contributed by atoms with Crippen molar-refractivity contribution in [1.29, 1.82) is 5.26 Å². The maximum absolute atomic E-state index is 10.6. The molecule has 1 aromatic heterocycles. The van der Waals surface area contributed by atoms with E-state index in [1.165, 1.54) is 0 Å². The first-order valence-electron chi connectivity index (χ1n) is 10.1. The molecular weight excluding hydrogens is 412 g/mol. The molecule has 1 saturated heterocycles. The highest BCUT2D eigenvalue weighted by molar-refractivity contribution is 5.85. The van der Waals surface area contributed by atoms with Crippen molar-refractivity contribution in [3.63, 3.8) is 0 Å². The Morgan fingerprint density at radius 2 is 1.87 bits per heavy atom. The van der Waals surface area contributed by atoms with Crippen LogP contribution in [0.25, 0.3) is 11.3 Å². The fraction of sp³-hybridized carbons (Fsp3) is 0.250. The van der Waals surface area contributed by atoms with Crippen molar-refractivity contribution in [1.82, 2.24) is 10.3 Å². The first-order chi connectivity index (χ1) is 14.7. The standard InChI is InChI=1S/C24H24N4O2.ClH/c25-14-19-18(17-9-11-27-12-10-17)13-20(28-24(19)26)23-21(29)7-4-8-22(23)30-15-16-5-2-1-3-6-16;/h1-8,13,17,27,29H,9-12,15H2,(H2,26,28);1H. The predicted octanol–water partition coefficient (Wildman–Crippen LogP) is 4.38. The monoisotopic (exact) mass is 436 g/mol. The van der Waals surface area contributed by atoms with Crippen molar-refractivity contribution in [3.8, 4) is 28.8 Å². The Hall–Kier alpha value is -3.27. The number of hydrogen-bond acceptors (Lipinski definition) is 6. The summed E-state index contributed by atoms with van der Waals surface area (Å²) in [5.74, 6) is 0.991. The molecule has 0 saturated carbocycles. The largest absolute Gasteiger partial charge is 0.507 e. The Labute approximate surface area is 188 Å². The highest BCUT2D eigenvalue weighted by Gasteiger charge is 2.23. The van der Waals surface area contributed by atoms with Crippen molar-refractivity contribution in [3.05, 3.63) is 71.3 Å². The van der Waals surface area contributed by atoms with E-state index >= 15 is 0 Å². The molecule has 1 aliphatic rings. The molecule has 160 valence electrons. The number of benzene rings is 2. The number of nitrogen functional groups attached to an aromatic ring is 1. The summed E-state index contributed by atoms with van der Waals surface area (Å²) in [6.45, 7) is 2.16. The number of aromatic hydroxyl groups is 1. The van der Waals surface area contributed by atoms with E-state index in [1.54, 1.807) is 18.2 Å². The Balaban J connectivity index is 0.00000272. The average molecular weight is 437 g/mol. The van der Waals surface area contributed by atoms with E-state index < -0.39 is 0 Å². The molecule has 0 bridgehead atoms. The zero-order chi connectivity index (χ0) is 20.9. The van der Waals surface area contributed by atoms with Crippen molar-refractivity contribution in [2.75, 3.05) is 18.8 Å². The van der Waals surface area contributed by atoms with Crippen molar-refractivity contribution >= 4 is 18.2 Å². The molecule has 0 atom stereocenters. The second kappa shape index (κ2) is 10.2. The summed E-state index contributed by atoms with van der Waals surface area (Å²) in [6, 6.07) is 19.1. The van der Waals surface area contributed by atoms with Crippen LogP contribution in [0.3, 0.4) is 0 Å². The van der Waals surface area contributed by atoms with Crippen molar-refractivity contribution in [2.45, 2.75) is 25.4 Å². The zero-order valence-corrected chi connectivity index (χ0v) is 17.9. The number of rotatable bonds is 5. The number of nitrogens with zero attached hydrogens (tertiary/aromatic N) is 2. The summed E-state index contributed by atoms with van der Waals surface area (Å²) in [5, 5.41) is 23.6. The highest BCUT2D eigenvalue weighted by Crippen LogP contribution is 2.40. The van der Waals surface area contributed by atoms with E-state index in [4.69, 9.17) is 10.5 Å². The van der Waals surface area contributed by atoms with E-state index in [0.717, 1.165) is 37.1 Å². The van der Waals surface area contributed by atoms with Crippen LogP contribution < -0.4 is 15.8 Å². The molecular formula is C24H25ClN4O2. The van der Waals surface area contributed by atoms with Gasteiger partial charge in [-0.15, -0.1) is 12.4 Å². The third-order valence-electron chi connectivity index (χ3n) is 5.47. The van der Waals surface area contributed by atoms with Gasteiger partial charge in [-0.1, -0.05) is 36.4 Å². The summed E-state index contributed by atoms with van der Waals surface area (Å²) in [5.41, 5.74) is 9.51. The van der Waals surface area contributed by atoms with Gasteiger partial charge >= 0.3 is 0 Å². The minimum absolute atomic E-state index is 0. The Morgan fingerprint density at radius 1 is 1.13 bits per heavy atom. The number of piperidine rings is 1. The van der Waals surface area contributed by atoms with E-state index in [1.807, 2.05) is 36.4 Å². The maximum Gasteiger partial charge on any atom is 0.142 e. The molecule has 0 aliphatic carbocycles. The number of hydrogen-bond donors (Lipinski definition) is 3. The van der Waals surface area contributed by atoms with Crippen molar-refractivity contribution in [2.24, 2.45) is 0 Å². The maximum atomic E-state index is 10.6. The van der Waals surface area contributed by atoms with Crippen LogP contribution >= 0.6 is 12.4 Å². The number of phenols is 1. The van der Waals surface area contributed by atoms with Gasteiger partial charge in [-0.25, -0.2) is 4.98 Å². The minimum atomic E-state index is 0. The first kappa shape index (κ1) is 22.4. The van der Waals surface area contributed by atoms with Crippen molar-refractivity contribution < 1.29 is 9.84 Å². The molecule has 3 aromatic rings. The number of nitriles is 1. The molecule has 6 nitrogen and oxygen atoms in total. The normalized spacial score (nSPS) is 13.8. The van der Waals surface area contributed by atoms with Crippen LogP contribution in [0.4, 0.5) is 5.82 Å². The number of ether oxygens (including phenoxy) is 1. The van der Waals surface area contributed by atoms with E-state index in [0.29, 0.717) is 29.2 Å². The average Bonchev–Trinajstić information content (AvgIpc) is 2.78. The topological polar surface area (TPSA) is 104 Å². The minimum Gasteiger partial charge on any atom is -0.507 e. The molecule has 1 fully saturated rings. The van der Waals surface area contributed by atoms with Crippen LogP contribution in [0.2, 0.25) is 0 Å². The van der Waals surface area contributed by atoms with Crippen LogP contribution in [0.5, 0.6) is 11.5 Å². The van der Waals surface area contributed by atoms with Gasteiger partial charge < -0.3 is 20.9 Å². The third-order valence-corrected chi connectivity index (χ3v) is 5.47. The van der Waals surface area contributed by atoms with Gasteiger partial charge in [-0.3, -0.25) is 0 Å². The lowest BCUT2D eigenvalue weighted by Gasteiger charge is -2.25. The molecule has 0 radical (unpaired) electrons. The predicted molar refractivity (Wildman–Crippen MR) is 123 cm³/mol. The molecule has 0 unspecified atom stereocenters. The summed E-state index contributed by atoms with van der Waals surface area (Å²) in [4.78, 5) is 4.45. The number of phenolic OH excluding ortho intramolecular Hbond substituents is 1. The summed E-state index contributed by atoms with van der Waals surface area (Å²) >= 11 is 0. The molecule has 31 heavy (non-hydrogen) atoms. The number of nitrogens with two attached hydrogens (primary N) is 1. The van der Waals surface area contributed by atoms with Gasteiger partial charge in [0.05, 0.1) is 16.8 Å². The van der Waals surface area contributed by atoms with E-state index in [9.17, 15) is 10.4 Å². The van der Waals surface area contributed by atoms with Gasteiger partial charge in [-0.05, 0) is 61.2 Å². The lowest BCUT2D eigenvalue weighted by molar-refractivity contribution is 0.306. The molecule has 4 rings (SSSR count). The quantitative estimate of drug-likeness (QED) is 0.548. The molecule has 7 heteroatoms. The number of pyridine rings is 1. The lowest BCUT2D eigenvalue weighted by atomic mass is 9.86. The molecule has 2 aromatic carbocycles. The fourth-order valence-electron chi connectivity index (χ4n) is 3.92. The molecule has 2 heterocycles. The fourth-order valence-corrected chi connectivity index (χ4v) is 3.92. The number of aromatic nitrogens is 1. The van der Waals surface area contributed by atoms with Crippen LogP contribution in [0.15, 0.2) is 54.6 Å². The van der Waals surface area contributed by atoms with E-state index in [-0.39, 0.29) is 29.9 Å². The molecule has 4 N–H and O–H groups in total. The lowest BCUT2D eigenvalue weighted by Crippen LogP contribution is -2.27. The number of halogens is 1. The van der Waals surface area contributed by atoms with Crippen LogP contribution in [0, 0.1) is 11.3 Å². The number of nitrogens with one attached hydrogen (secondary N) is 1. The van der Waals surface area contributed by atoms with E-state index in [2.05, 4.69) is 16.4 Å². The summed E-state index contributed by atoms with van der Waals surface area (Å²) < 4.78 is 6.02. The van der Waals surface area contributed by atoms with Crippen LogP contribution in [0.1, 0.15) is 35.4 Å². The van der Waals surface area contributed by atoms with Gasteiger partial charge in [0.2, 0.25) is 0 Å².